The lowest BCUT2D eigenvalue weighted by Gasteiger charge is -2.24. The lowest BCUT2D eigenvalue weighted by molar-refractivity contribution is -0.151. The van der Waals surface area contributed by atoms with Crippen molar-refractivity contribution in [2.75, 3.05) is 6.61 Å². The number of allylic oxidation sites excluding steroid dienone is 10. The standard InChI is InChI=1S/C51H91NO5/c1-4-7-10-13-16-19-21-23-25-27-29-32-35-38-41-44-51(56)57-47(42-39-36-33-31-28-26-24-22-20-17-14-11-8-5-2)45-50(55)52-48(46-53)49(54)43-40-37-34-30-18-15-12-9-6-3/h8,11,17,19-21,24,26,31,33,47-49,53-54H,4-7,9-10,12-16,18,22-23,25,27-30,32,34-46H2,1-3H3,(H,52,55)/b11-8+,20-17+,21-19-,26-24+,33-31+. The Balaban J connectivity index is 4.68. The van der Waals surface area contributed by atoms with Gasteiger partial charge >= 0.3 is 5.97 Å². The maximum absolute atomic E-state index is 13.1. The molecule has 6 nitrogen and oxygen atoms in total. The number of ether oxygens (including phenoxy) is 1. The van der Waals surface area contributed by atoms with Crippen molar-refractivity contribution in [2.45, 2.75) is 244 Å². The van der Waals surface area contributed by atoms with Crippen LogP contribution in [0.2, 0.25) is 0 Å². The van der Waals surface area contributed by atoms with E-state index in [4.69, 9.17) is 4.74 Å². The van der Waals surface area contributed by atoms with Crippen LogP contribution in [0.1, 0.15) is 226 Å². The smallest absolute Gasteiger partial charge is 0.306 e. The largest absolute Gasteiger partial charge is 0.462 e. The molecular formula is C51H91NO5. The maximum Gasteiger partial charge on any atom is 0.306 e. The van der Waals surface area contributed by atoms with E-state index in [1.54, 1.807) is 0 Å². The van der Waals surface area contributed by atoms with Crippen molar-refractivity contribution in [2.24, 2.45) is 0 Å². The molecule has 330 valence electrons. The van der Waals surface area contributed by atoms with Crippen LogP contribution in [0.25, 0.3) is 0 Å². The highest BCUT2D eigenvalue weighted by Crippen LogP contribution is 2.16. The molecule has 0 radical (unpaired) electrons. The number of rotatable bonds is 42. The Morgan fingerprint density at radius 3 is 1.51 bits per heavy atom. The summed E-state index contributed by atoms with van der Waals surface area (Å²) in [6.07, 6.45) is 54.3. The van der Waals surface area contributed by atoms with Crippen LogP contribution in [0.4, 0.5) is 0 Å². The number of aliphatic hydroxyl groups excluding tert-OH is 2. The summed E-state index contributed by atoms with van der Waals surface area (Å²) in [4.78, 5) is 26.0. The van der Waals surface area contributed by atoms with Gasteiger partial charge in [0.05, 0.1) is 25.2 Å². The van der Waals surface area contributed by atoms with E-state index in [1.807, 2.05) is 0 Å². The molecule has 0 fully saturated rings. The molecular weight excluding hydrogens is 707 g/mol. The molecule has 0 spiro atoms. The Bertz CT molecular complexity index is 1030. The molecule has 0 aromatic rings. The summed E-state index contributed by atoms with van der Waals surface area (Å²) >= 11 is 0. The summed E-state index contributed by atoms with van der Waals surface area (Å²) in [5.41, 5.74) is 0. The quantitative estimate of drug-likeness (QED) is 0.0325. The number of unbranched alkanes of at least 4 members (excludes halogenated alkanes) is 20. The molecule has 0 rings (SSSR count). The van der Waals surface area contributed by atoms with E-state index in [0.717, 1.165) is 77.0 Å². The number of amides is 1. The SMILES string of the molecule is CC/C=C/C/C=C/C/C=C/C/C=C/CCCC(CC(=O)NC(CO)C(O)CCCCCCCCCCC)OC(=O)CCCCCCCCC/C=C\CCCCCC. The highest BCUT2D eigenvalue weighted by molar-refractivity contribution is 5.77. The van der Waals surface area contributed by atoms with Gasteiger partial charge in [0.15, 0.2) is 0 Å². The molecule has 0 aromatic carbocycles. The normalized spacial score (nSPS) is 13.8. The fourth-order valence-electron chi connectivity index (χ4n) is 6.95. The van der Waals surface area contributed by atoms with Crippen LogP contribution < -0.4 is 5.32 Å². The second kappa shape index (κ2) is 44.7. The van der Waals surface area contributed by atoms with Gasteiger partial charge in [-0.15, -0.1) is 0 Å². The molecule has 6 heteroatoms. The van der Waals surface area contributed by atoms with Crippen LogP contribution in [0, 0.1) is 0 Å². The molecule has 0 aliphatic heterocycles. The van der Waals surface area contributed by atoms with E-state index in [0.29, 0.717) is 19.3 Å². The number of hydrogen-bond acceptors (Lipinski definition) is 5. The number of carbonyl (C=O) groups excluding carboxylic acids is 2. The van der Waals surface area contributed by atoms with Gasteiger partial charge in [-0.25, -0.2) is 0 Å². The van der Waals surface area contributed by atoms with Crippen molar-refractivity contribution in [3.8, 4) is 0 Å². The predicted molar refractivity (Wildman–Crippen MR) is 245 cm³/mol. The van der Waals surface area contributed by atoms with Gasteiger partial charge < -0.3 is 20.3 Å². The molecule has 0 heterocycles. The first-order valence-electron chi connectivity index (χ1n) is 24.0. The molecule has 0 aromatic heterocycles. The summed E-state index contributed by atoms with van der Waals surface area (Å²) in [5.74, 6) is -0.536. The Morgan fingerprint density at radius 2 is 0.965 bits per heavy atom. The second-order valence-corrected chi connectivity index (χ2v) is 16.1. The highest BCUT2D eigenvalue weighted by Gasteiger charge is 2.24. The van der Waals surface area contributed by atoms with Crippen molar-refractivity contribution in [3.63, 3.8) is 0 Å². The average molecular weight is 798 g/mol. The van der Waals surface area contributed by atoms with E-state index < -0.39 is 18.2 Å². The van der Waals surface area contributed by atoms with Crippen LogP contribution >= 0.6 is 0 Å². The Morgan fingerprint density at radius 1 is 0.526 bits per heavy atom. The zero-order valence-corrected chi connectivity index (χ0v) is 37.5. The molecule has 0 saturated carbocycles. The second-order valence-electron chi connectivity index (χ2n) is 16.1. The maximum atomic E-state index is 13.1. The van der Waals surface area contributed by atoms with Gasteiger partial charge in [-0.05, 0) is 83.5 Å². The fourth-order valence-corrected chi connectivity index (χ4v) is 6.95. The number of carbonyl (C=O) groups is 2. The van der Waals surface area contributed by atoms with Crippen LogP contribution in [-0.2, 0) is 14.3 Å². The van der Waals surface area contributed by atoms with Gasteiger partial charge in [-0.3, -0.25) is 9.59 Å². The van der Waals surface area contributed by atoms with E-state index in [2.05, 4.69) is 86.8 Å². The van der Waals surface area contributed by atoms with Gasteiger partial charge in [0.2, 0.25) is 5.91 Å². The third kappa shape index (κ3) is 40.1. The molecule has 1 amide bonds. The molecule has 0 aliphatic carbocycles. The Kier molecular flexibility index (Phi) is 42.7. The first-order chi connectivity index (χ1) is 28.0. The van der Waals surface area contributed by atoms with Crippen molar-refractivity contribution in [1.29, 1.82) is 0 Å². The number of aliphatic hydroxyl groups is 2. The molecule has 0 bridgehead atoms. The summed E-state index contributed by atoms with van der Waals surface area (Å²) in [6.45, 7) is 6.31. The molecule has 0 aliphatic rings. The number of hydrogen-bond donors (Lipinski definition) is 3. The molecule has 3 N–H and O–H groups in total. The average Bonchev–Trinajstić information content (AvgIpc) is 3.20. The third-order valence-electron chi connectivity index (χ3n) is 10.6. The Labute approximate surface area is 352 Å². The monoisotopic (exact) mass is 798 g/mol. The molecule has 0 saturated heterocycles. The van der Waals surface area contributed by atoms with Gasteiger partial charge in [0.1, 0.15) is 6.10 Å². The number of nitrogens with one attached hydrogen (secondary N) is 1. The lowest BCUT2D eigenvalue weighted by Crippen LogP contribution is -2.46. The summed E-state index contributed by atoms with van der Waals surface area (Å²) in [7, 11) is 0. The molecule has 57 heavy (non-hydrogen) atoms. The van der Waals surface area contributed by atoms with Crippen molar-refractivity contribution >= 4 is 11.9 Å². The predicted octanol–water partition coefficient (Wildman–Crippen LogP) is 14.1. The fraction of sp³-hybridized carbons (Fsp3) is 0.765. The first-order valence-corrected chi connectivity index (χ1v) is 24.0. The topological polar surface area (TPSA) is 95.9 Å². The minimum atomic E-state index is -0.801. The van der Waals surface area contributed by atoms with Crippen molar-refractivity contribution in [1.82, 2.24) is 5.32 Å². The van der Waals surface area contributed by atoms with E-state index in [9.17, 15) is 19.8 Å². The van der Waals surface area contributed by atoms with E-state index >= 15 is 0 Å². The van der Waals surface area contributed by atoms with Crippen LogP contribution in [0.5, 0.6) is 0 Å². The minimum absolute atomic E-state index is 0.0369. The molecule has 3 atom stereocenters. The van der Waals surface area contributed by atoms with Crippen LogP contribution in [0.3, 0.4) is 0 Å². The van der Waals surface area contributed by atoms with Crippen molar-refractivity contribution < 1.29 is 24.5 Å². The first kappa shape index (κ1) is 54.6. The lowest BCUT2D eigenvalue weighted by atomic mass is 10.0. The zero-order valence-electron chi connectivity index (χ0n) is 37.5. The van der Waals surface area contributed by atoms with Gasteiger partial charge in [0, 0.05) is 6.42 Å². The zero-order chi connectivity index (χ0) is 41.7. The minimum Gasteiger partial charge on any atom is -0.462 e. The van der Waals surface area contributed by atoms with Crippen LogP contribution in [0.15, 0.2) is 60.8 Å². The van der Waals surface area contributed by atoms with E-state index in [-0.39, 0.29) is 24.9 Å². The molecule has 3 unspecified atom stereocenters. The van der Waals surface area contributed by atoms with Gasteiger partial charge in [-0.1, -0.05) is 191 Å². The summed E-state index contributed by atoms with van der Waals surface area (Å²) in [5, 5.41) is 23.6. The number of esters is 1. The van der Waals surface area contributed by atoms with Gasteiger partial charge in [-0.2, -0.15) is 0 Å². The van der Waals surface area contributed by atoms with Crippen LogP contribution in [-0.4, -0.2) is 46.9 Å². The summed E-state index contributed by atoms with van der Waals surface area (Å²) < 4.78 is 5.89. The highest BCUT2D eigenvalue weighted by atomic mass is 16.5. The third-order valence-corrected chi connectivity index (χ3v) is 10.6. The van der Waals surface area contributed by atoms with Crippen molar-refractivity contribution in [3.05, 3.63) is 60.8 Å². The summed E-state index contributed by atoms with van der Waals surface area (Å²) in [6, 6.07) is -0.718. The Hall–Kier alpha value is -2.44. The van der Waals surface area contributed by atoms with Gasteiger partial charge in [0.25, 0.3) is 0 Å². The van der Waals surface area contributed by atoms with E-state index in [1.165, 1.54) is 103 Å².